The molecule has 15 heavy (non-hydrogen) atoms. The largest absolute Gasteiger partial charge is 0.366 e. The van der Waals surface area contributed by atoms with Crippen LogP contribution in [-0.4, -0.2) is 10.9 Å². The Bertz CT molecular complexity index is 456. The maximum Gasteiger partial charge on any atom is 0.249 e. The van der Waals surface area contributed by atoms with Gasteiger partial charge in [0.1, 0.15) is 5.01 Å². The van der Waals surface area contributed by atoms with Crippen LogP contribution in [0.3, 0.4) is 0 Å². The van der Waals surface area contributed by atoms with E-state index in [1.54, 1.807) is 18.3 Å². The molecule has 0 spiro atoms. The van der Waals surface area contributed by atoms with E-state index in [1.807, 2.05) is 17.5 Å². The summed E-state index contributed by atoms with van der Waals surface area (Å²) in [5.41, 5.74) is 6.58. The molecule has 1 aromatic heterocycles. The van der Waals surface area contributed by atoms with Crippen molar-refractivity contribution in [3.8, 4) is 10.6 Å². The van der Waals surface area contributed by atoms with Crippen LogP contribution in [0, 0.1) is 0 Å². The van der Waals surface area contributed by atoms with Crippen LogP contribution in [0.15, 0.2) is 35.8 Å². The number of aromatic nitrogens is 1. The van der Waals surface area contributed by atoms with Crippen LogP contribution >= 0.6 is 28.3 Å². The zero-order valence-electron chi connectivity index (χ0n) is 7.71. The first-order valence-electron chi connectivity index (χ1n) is 4.08. The first-order chi connectivity index (χ1) is 6.79. The Hall–Kier alpha value is -1.20. The number of carbonyl (C=O) groups is 1. The van der Waals surface area contributed by atoms with E-state index in [9.17, 15) is 4.79 Å². The van der Waals surface area contributed by atoms with Crippen molar-refractivity contribution in [2.24, 2.45) is 5.73 Å². The average molecular weight is 285 g/mol. The molecule has 0 atom stereocenters. The van der Waals surface area contributed by atoms with Gasteiger partial charge in [-0.1, -0.05) is 18.2 Å². The predicted molar refractivity (Wildman–Crippen MR) is 66.4 cm³/mol. The van der Waals surface area contributed by atoms with Crippen LogP contribution in [0.4, 0.5) is 0 Å². The van der Waals surface area contributed by atoms with Gasteiger partial charge in [0.05, 0.1) is 0 Å². The van der Waals surface area contributed by atoms with Crippen LogP contribution in [0.1, 0.15) is 10.4 Å². The second kappa shape index (κ2) is 5.04. The standard InChI is InChI=1S/C10H8N2OS.BrH/c11-9(13)7-3-1-2-4-8(7)10-12-5-6-14-10;/h1-6H,(H2,11,13);1H. The number of nitrogens with two attached hydrogens (primary N) is 1. The van der Waals surface area contributed by atoms with Crippen molar-refractivity contribution in [1.82, 2.24) is 4.98 Å². The first-order valence-corrected chi connectivity index (χ1v) is 4.95. The summed E-state index contributed by atoms with van der Waals surface area (Å²) < 4.78 is 0. The second-order valence-electron chi connectivity index (χ2n) is 2.75. The van der Waals surface area contributed by atoms with Gasteiger partial charge in [0.15, 0.2) is 0 Å². The van der Waals surface area contributed by atoms with Crippen molar-refractivity contribution in [2.75, 3.05) is 0 Å². The van der Waals surface area contributed by atoms with E-state index < -0.39 is 5.91 Å². The number of thiazole rings is 1. The molecule has 0 radical (unpaired) electrons. The Morgan fingerprint density at radius 1 is 1.33 bits per heavy atom. The lowest BCUT2D eigenvalue weighted by atomic mass is 10.1. The van der Waals surface area contributed by atoms with Crippen molar-refractivity contribution in [1.29, 1.82) is 0 Å². The predicted octanol–water partition coefficient (Wildman–Crippen LogP) is 2.49. The third-order valence-electron chi connectivity index (χ3n) is 1.86. The van der Waals surface area contributed by atoms with Crippen LogP contribution in [0.25, 0.3) is 10.6 Å². The van der Waals surface area contributed by atoms with E-state index >= 15 is 0 Å². The lowest BCUT2D eigenvalue weighted by Crippen LogP contribution is -2.12. The summed E-state index contributed by atoms with van der Waals surface area (Å²) in [6.07, 6.45) is 1.71. The second-order valence-corrected chi connectivity index (χ2v) is 3.64. The minimum atomic E-state index is -0.421. The summed E-state index contributed by atoms with van der Waals surface area (Å²) in [7, 11) is 0. The van der Waals surface area contributed by atoms with E-state index in [1.165, 1.54) is 11.3 Å². The van der Waals surface area contributed by atoms with Gasteiger partial charge in [-0.2, -0.15) is 0 Å². The van der Waals surface area contributed by atoms with Gasteiger partial charge in [0, 0.05) is 22.7 Å². The van der Waals surface area contributed by atoms with Crippen molar-refractivity contribution in [2.45, 2.75) is 0 Å². The Morgan fingerprint density at radius 3 is 2.67 bits per heavy atom. The fourth-order valence-corrected chi connectivity index (χ4v) is 1.92. The van der Waals surface area contributed by atoms with Crippen LogP contribution in [0.5, 0.6) is 0 Å². The number of carbonyl (C=O) groups excluding carboxylic acids is 1. The van der Waals surface area contributed by atoms with E-state index in [0.29, 0.717) is 5.56 Å². The van der Waals surface area contributed by atoms with Gasteiger partial charge in [0.2, 0.25) is 5.91 Å². The normalized spacial score (nSPS) is 9.33. The number of rotatable bonds is 2. The molecule has 0 bridgehead atoms. The molecule has 0 aliphatic heterocycles. The highest BCUT2D eigenvalue weighted by molar-refractivity contribution is 8.93. The maximum absolute atomic E-state index is 11.1. The number of amides is 1. The highest BCUT2D eigenvalue weighted by atomic mass is 79.9. The van der Waals surface area contributed by atoms with Crippen molar-refractivity contribution >= 4 is 34.2 Å². The summed E-state index contributed by atoms with van der Waals surface area (Å²) in [5, 5.41) is 2.69. The third kappa shape index (κ3) is 2.43. The molecule has 78 valence electrons. The van der Waals surface area contributed by atoms with Crippen LogP contribution in [0.2, 0.25) is 0 Å². The molecule has 0 unspecified atom stereocenters. The highest BCUT2D eigenvalue weighted by Crippen LogP contribution is 2.24. The molecular weight excluding hydrogens is 276 g/mol. The molecule has 0 saturated carbocycles. The van der Waals surface area contributed by atoms with Gasteiger partial charge in [0.25, 0.3) is 0 Å². The summed E-state index contributed by atoms with van der Waals surface area (Å²) >= 11 is 1.49. The van der Waals surface area contributed by atoms with E-state index in [-0.39, 0.29) is 17.0 Å². The summed E-state index contributed by atoms with van der Waals surface area (Å²) in [5.74, 6) is -0.421. The lowest BCUT2D eigenvalue weighted by Gasteiger charge is -2.01. The fourth-order valence-electron chi connectivity index (χ4n) is 1.24. The van der Waals surface area contributed by atoms with Crippen molar-refractivity contribution < 1.29 is 4.79 Å². The quantitative estimate of drug-likeness (QED) is 0.921. The minimum Gasteiger partial charge on any atom is -0.366 e. The number of benzene rings is 1. The monoisotopic (exact) mass is 284 g/mol. The molecule has 2 aromatic rings. The molecule has 0 fully saturated rings. The number of nitrogens with zero attached hydrogens (tertiary/aromatic N) is 1. The van der Waals surface area contributed by atoms with Crippen molar-refractivity contribution in [3.05, 3.63) is 41.4 Å². The van der Waals surface area contributed by atoms with Gasteiger partial charge in [-0.3, -0.25) is 4.79 Å². The summed E-state index contributed by atoms with van der Waals surface area (Å²) in [6, 6.07) is 7.21. The Balaban J connectivity index is 0.00000112. The molecule has 5 heteroatoms. The Kier molecular flexibility index (Phi) is 3.99. The van der Waals surface area contributed by atoms with Gasteiger partial charge < -0.3 is 5.73 Å². The molecule has 1 aromatic carbocycles. The number of hydrogen-bond donors (Lipinski definition) is 1. The van der Waals surface area contributed by atoms with E-state index in [0.717, 1.165) is 10.6 Å². The topological polar surface area (TPSA) is 56.0 Å². The van der Waals surface area contributed by atoms with E-state index in [2.05, 4.69) is 4.98 Å². The third-order valence-corrected chi connectivity index (χ3v) is 2.66. The highest BCUT2D eigenvalue weighted by Gasteiger charge is 2.10. The number of primary amides is 1. The van der Waals surface area contributed by atoms with Crippen LogP contribution < -0.4 is 5.73 Å². The van der Waals surface area contributed by atoms with Gasteiger partial charge >= 0.3 is 0 Å². The smallest absolute Gasteiger partial charge is 0.249 e. The fraction of sp³-hybridized carbons (Fsp3) is 0. The molecule has 2 rings (SSSR count). The number of halogens is 1. The zero-order chi connectivity index (χ0) is 9.97. The SMILES string of the molecule is Br.NC(=O)c1ccccc1-c1nccs1. The van der Waals surface area contributed by atoms with Gasteiger partial charge in [-0.25, -0.2) is 4.98 Å². The molecule has 2 N–H and O–H groups in total. The average Bonchev–Trinajstić information content (AvgIpc) is 2.70. The molecule has 1 amide bonds. The van der Waals surface area contributed by atoms with Crippen molar-refractivity contribution in [3.63, 3.8) is 0 Å². The molecule has 0 aliphatic carbocycles. The molecule has 0 saturated heterocycles. The summed E-state index contributed by atoms with van der Waals surface area (Å²) in [6.45, 7) is 0. The Labute approximate surface area is 102 Å². The first kappa shape index (κ1) is 11.9. The van der Waals surface area contributed by atoms with Crippen LogP contribution in [-0.2, 0) is 0 Å². The number of hydrogen-bond acceptors (Lipinski definition) is 3. The van der Waals surface area contributed by atoms with Gasteiger partial charge in [-0.05, 0) is 6.07 Å². The molecular formula is C10H9BrN2OS. The molecule has 3 nitrogen and oxygen atoms in total. The Morgan fingerprint density at radius 2 is 2.07 bits per heavy atom. The van der Waals surface area contributed by atoms with Gasteiger partial charge in [-0.15, -0.1) is 28.3 Å². The minimum absolute atomic E-state index is 0. The summed E-state index contributed by atoms with van der Waals surface area (Å²) in [4.78, 5) is 15.3. The molecule has 0 aliphatic rings. The molecule has 1 heterocycles. The zero-order valence-corrected chi connectivity index (χ0v) is 10.2. The lowest BCUT2D eigenvalue weighted by molar-refractivity contribution is 0.100. The van der Waals surface area contributed by atoms with E-state index in [4.69, 9.17) is 5.73 Å². The maximum atomic E-state index is 11.1.